The van der Waals surface area contributed by atoms with Crippen LogP contribution in [0.1, 0.15) is 25.3 Å². The van der Waals surface area contributed by atoms with Crippen LogP contribution in [0.2, 0.25) is 0 Å². The Morgan fingerprint density at radius 3 is 2.42 bits per heavy atom. The van der Waals surface area contributed by atoms with Crippen LogP contribution in [0.25, 0.3) is 5.57 Å². The SMILES string of the molecule is C=C(CCC)c1ccc(F)cc1. The van der Waals surface area contributed by atoms with Gasteiger partial charge < -0.3 is 0 Å². The molecule has 0 unspecified atom stereocenters. The largest absolute Gasteiger partial charge is 0.207 e. The Balaban J connectivity index is 2.75. The number of rotatable bonds is 3. The van der Waals surface area contributed by atoms with Crippen LogP contribution >= 0.6 is 0 Å². The topological polar surface area (TPSA) is 0 Å². The predicted octanol–water partition coefficient (Wildman–Crippen LogP) is 3.64. The number of benzene rings is 1. The second-order valence-electron chi connectivity index (χ2n) is 2.86. The fourth-order valence-electron chi connectivity index (χ4n) is 1.13. The molecule has 0 aliphatic carbocycles. The highest BCUT2D eigenvalue weighted by Crippen LogP contribution is 2.17. The van der Waals surface area contributed by atoms with E-state index in [1.165, 1.54) is 12.1 Å². The monoisotopic (exact) mass is 164 g/mol. The van der Waals surface area contributed by atoms with Gasteiger partial charge >= 0.3 is 0 Å². The van der Waals surface area contributed by atoms with Gasteiger partial charge in [0.1, 0.15) is 5.82 Å². The minimum atomic E-state index is -0.192. The van der Waals surface area contributed by atoms with Crippen molar-refractivity contribution in [2.75, 3.05) is 0 Å². The Hall–Kier alpha value is -1.11. The third-order valence-electron chi connectivity index (χ3n) is 1.80. The van der Waals surface area contributed by atoms with Gasteiger partial charge in [-0.25, -0.2) is 4.39 Å². The summed E-state index contributed by atoms with van der Waals surface area (Å²) >= 11 is 0. The van der Waals surface area contributed by atoms with Gasteiger partial charge in [-0.15, -0.1) is 0 Å². The summed E-state index contributed by atoms with van der Waals surface area (Å²) in [6.07, 6.45) is 2.06. The number of allylic oxidation sites excluding steroid dienone is 1. The normalized spacial score (nSPS) is 9.83. The Morgan fingerprint density at radius 1 is 1.33 bits per heavy atom. The molecule has 0 atom stereocenters. The van der Waals surface area contributed by atoms with E-state index in [0.717, 1.165) is 24.0 Å². The van der Waals surface area contributed by atoms with Crippen molar-refractivity contribution in [1.29, 1.82) is 0 Å². The van der Waals surface area contributed by atoms with Crippen LogP contribution in [0, 0.1) is 5.82 Å². The van der Waals surface area contributed by atoms with E-state index < -0.39 is 0 Å². The third kappa shape index (κ3) is 2.19. The molecule has 0 aliphatic heterocycles. The highest BCUT2D eigenvalue weighted by atomic mass is 19.1. The Morgan fingerprint density at radius 2 is 1.92 bits per heavy atom. The molecule has 0 aromatic heterocycles. The molecule has 1 rings (SSSR count). The molecule has 0 bridgehead atoms. The maximum absolute atomic E-state index is 12.5. The highest BCUT2D eigenvalue weighted by Gasteiger charge is 1.96. The molecular weight excluding hydrogens is 151 g/mol. The Labute approximate surface area is 72.7 Å². The second-order valence-corrected chi connectivity index (χ2v) is 2.86. The van der Waals surface area contributed by atoms with Gasteiger partial charge in [0.05, 0.1) is 0 Å². The summed E-state index contributed by atoms with van der Waals surface area (Å²) < 4.78 is 12.5. The zero-order valence-electron chi connectivity index (χ0n) is 7.31. The Kier molecular flexibility index (Phi) is 3.03. The molecule has 1 heteroatoms. The summed E-state index contributed by atoms with van der Waals surface area (Å²) in [5.74, 6) is -0.192. The summed E-state index contributed by atoms with van der Waals surface area (Å²) in [6.45, 7) is 6.03. The zero-order valence-corrected chi connectivity index (χ0v) is 7.31. The molecule has 0 saturated carbocycles. The minimum absolute atomic E-state index is 0.192. The van der Waals surface area contributed by atoms with Crippen molar-refractivity contribution >= 4 is 5.57 Å². The molecule has 0 radical (unpaired) electrons. The molecule has 12 heavy (non-hydrogen) atoms. The Bertz CT molecular complexity index is 259. The maximum Gasteiger partial charge on any atom is 0.123 e. The molecule has 0 heterocycles. The first-order chi connectivity index (χ1) is 5.74. The fraction of sp³-hybridized carbons (Fsp3) is 0.273. The molecule has 0 fully saturated rings. The fourth-order valence-corrected chi connectivity index (χ4v) is 1.13. The van der Waals surface area contributed by atoms with Crippen LogP contribution in [-0.2, 0) is 0 Å². The molecule has 1 aromatic carbocycles. The van der Waals surface area contributed by atoms with Crippen molar-refractivity contribution in [3.8, 4) is 0 Å². The van der Waals surface area contributed by atoms with Crippen LogP contribution in [-0.4, -0.2) is 0 Å². The quantitative estimate of drug-likeness (QED) is 0.639. The summed E-state index contributed by atoms with van der Waals surface area (Å²) in [4.78, 5) is 0. The van der Waals surface area contributed by atoms with Crippen molar-refractivity contribution in [2.45, 2.75) is 19.8 Å². The number of halogens is 1. The van der Waals surface area contributed by atoms with E-state index in [-0.39, 0.29) is 5.82 Å². The van der Waals surface area contributed by atoms with E-state index >= 15 is 0 Å². The molecule has 64 valence electrons. The second kappa shape index (κ2) is 4.05. The minimum Gasteiger partial charge on any atom is -0.207 e. The lowest BCUT2D eigenvalue weighted by molar-refractivity contribution is 0.627. The van der Waals surface area contributed by atoms with Gasteiger partial charge in [-0.05, 0) is 29.7 Å². The summed E-state index contributed by atoms with van der Waals surface area (Å²) in [7, 11) is 0. The van der Waals surface area contributed by atoms with Gasteiger partial charge in [-0.2, -0.15) is 0 Å². The first-order valence-corrected chi connectivity index (χ1v) is 4.17. The van der Waals surface area contributed by atoms with Gasteiger partial charge in [0.15, 0.2) is 0 Å². The van der Waals surface area contributed by atoms with Gasteiger partial charge in [0, 0.05) is 0 Å². The zero-order chi connectivity index (χ0) is 8.97. The molecule has 0 N–H and O–H groups in total. The van der Waals surface area contributed by atoms with Gasteiger partial charge in [-0.1, -0.05) is 32.1 Å². The first-order valence-electron chi connectivity index (χ1n) is 4.17. The predicted molar refractivity (Wildman–Crippen MR) is 50.3 cm³/mol. The van der Waals surface area contributed by atoms with Crippen LogP contribution in [0.5, 0.6) is 0 Å². The number of hydrogen-bond donors (Lipinski definition) is 0. The third-order valence-corrected chi connectivity index (χ3v) is 1.80. The van der Waals surface area contributed by atoms with Crippen molar-refractivity contribution in [2.24, 2.45) is 0 Å². The van der Waals surface area contributed by atoms with E-state index in [9.17, 15) is 4.39 Å². The standard InChI is InChI=1S/C11H13F/c1-3-4-9(2)10-5-7-11(12)8-6-10/h5-8H,2-4H2,1H3. The average molecular weight is 164 g/mol. The molecule has 0 spiro atoms. The highest BCUT2D eigenvalue weighted by molar-refractivity contribution is 5.62. The van der Waals surface area contributed by atoms with Crippen molar-refractivity contribution in [1.82, 2.24) is 0 Å². The lowest BCUT2D eigenvalue weighted by atomic mass is 10.0. The molecule has 0 nitrogen and oxygen atoms in total. The van der Waals surface area contributed by atoms with Gasteiger partial charge in [-0.3, -0.25) is 0 Å². The summed E-state index contributed by atoms with van der Waals surface area (Å²) in [6, 6.07) is 6.48. The molecule has 0 aliphatic rings. The van der Waals surface area contributed by atoms with E-state index in [4.69, 9.17) is 0 Å². The molecular formula is C11H13F. The lowest BCUT2D eigenvalue weighted by Gasteiger charge is -2.02. The van der Waals surface area contributed by atoms with Crippen molar-refractivity contribution in [3.63, 3.8) is 0 Å². The molecule has 1 aromatic rings. The average Bonchev–Trinajstić information content (AvgIpc) is 2.06. The molecule has 0 saturated heterocycles. The van der Waals surface area contributed by atoms with Crippen molar-refractivity contribution < 1.29 is 4.39 Å². The van der Waals surface area contributed by atoms with Crippen LogP contribution in [0.4, 0.5) is 4.39 Å². The van der Waals surface area contributed by atoms with Gasteiger partial charge in [0.2, 0.25) is 0 Å². The lowest BCUT2D eigenvalue weighted by Crippen LogP contribution is -1.82. The van der Waals surface area contributed by atoms with Crippen LogP contribution < -0.4 is 0 Å². The van der Waals surface area contributed by atoms with E-state index in [0.29, 0.717) is 0 Å². The first kappa shape index (κ1) is 8.98. The van der Waals surface area contributed by atoms with E-state index in [2.05, 4.69) is 13.5 Å². The van der Waals surface area contributed by atoms with E-state index in [1.54, 1.807) is 12.1 Å². The van der Waals surface area contributed by atoms with Crippen molar-refractivity contribution in [3.05, 3.63) is 42.2 Å². The summed E-state index contributed by atoms with van der Waals surface area (Å²) in [5.41, 5.74) is 2.12. The molecule has 0 amide bonds. The maximum atomic E-state index is 12.5. The van der Waals surface area contributed by atoms with Gasteiger partial charge in [0.25, 0.3) is 0 Å². The smallest absolute Gasteiger partial charge is 0.123 e. The summed E-state index contributed by atoms with van der Waals surface area (Å²) in [5, 5.41) is 0. The van der Waals surface area contributed by atoms with Crippen LogP contribution in [0.15, 0.2) is 30.8 Å². The van der Waals surface area contributed by atoms with Crippen LogP contribution in [0.3, 0.4) is 0 Å². The number of hydrogen-bond acceptors (Lipinski definition) is 0. The van der Waals surface area contributed by atoms with E-state index in [1.807, 2.05) is 0 Å².